The van der Waals surface area contributed by atoms with Crippen LogP contribution in [0.1, 0.15) is 17.5 Å². The molecule has 0 saturated carbocycles. The second-order valence-corrected chi connectivity index (χ2v) is 3.41. The van der Waals surface area contributed by atoms with E-state index in [1.54, 1.807) is 0 Å². The molecular formula is C13H10. The van der Waals surface area contributed by atoms with Crippen molar-refractivity contribution in [2.24, 2.45) is 0 Å². The lowest BCUT2D eigenvalue weighted by atomic mass is 9.77. The first-order valence-electron chi connectivity index (χ1n) is 4.64. The average Bonchev–Trinajstić information content (AvgIpc) is 2.37. The molecule has 3 rings (SSSR count). The zero-order valence-corrected chi connectivity index (χ0v) is 7.33. The number of rotatable bonds is 0. The SMILES string of the molecule is C1=CCC=C2C(=C1)c1ccccc12. The molecule has 0 nitrogen and oxygen atoms in total. The highest BCUT2D eigenvalue weighted by molar-refractivity contribution is 6.17. The number of allylic oxidation sites excluding steroid dienone is 6. The fraction of sp³-hybridized carbons (Fsp3) is 0.0769. The van der Waals surface area contributed by atoms with E-state index >= 15 is 0 Å². The number of hydrogen-bond donors (Lipinski definition) is 0. The van der Waals surface area contributed by atoms with Crippen molar-refractivity contribution in [3.8, 4) is 0 Å². The molecule has 0 atom stereocenters. The van der Waals surface area contributed by atoms with E-state index in [1.165, 1.54) is 22.3 Å². The Morgan fingerprint density at radius 1 is 0.923 bits per heavy atom. The average molecular weight is 166 g/mol. The summed E-state index contributed by atoms with van der Waals surface area (Å²) in [6.07, 6.45) is 9.91. The molecule has 0 heterocycles. The van der Waals surface area contributed by atoms with Gasteiger partial charge < -0.3 is 0 Å². The Kier molecular flexibility index (Phi) is 1.31. The lowest BCUT2D eigenvalue weighted by Crippen LogP contribution is -2.04. The minimum Gasteiger partial charge on any atom is -0.0807 e. The first kappa shape index (κ1) is 6.90. The Bertz CT molecular complexity index is 445. The molecule has 62 valence electrons. The zero-order chi connectivity index (χ0) is 8.67. The molecule has 13 heavy (non-hydrogen) atoms. The third-order valence-corrected chi connectivity index (χ3v) is 2.65. The summed E-state index contributed by atoms with van der Waals surface area (Å²) in [6, 6.07) is 8.60. The number of benzene rings is 1. The van der Waals surface area contributed by atoms with Crippen molar-refractivity contribution in [1.29, 1.82) is 0 Å². The summed E-state index contributed by atoms with van der Waals surface area (Å²) in [5, 5.41) is 0. The summed E-state index contributed by atoms with van der Waals surface area (Å²) in [5.41, 5.74) is 5.66. The summed E-state index contributed by atoms with van der Waals surface area (Å²) in [4.78, 5) is 0. The molecule has 0 amide bonds. The van der Waals surface area contributed by atoms with Gasteiger partial charge in [-0.2, -0.15) is 0 Å². The Hall–Kier alpha value is -1.56. The fourth-order valence-electron chi connectivity index (χ4n) is 2.01. The maximum atomic E-state index is 2.30. The van der Waals surface area contributed by atoms with Crippen molar-refractivity contribution in [2.75, 3.05) is 0 Å². The van der Waals surface area contributed by atoms with Crippen LogP contribution in [-0.2, 0) is 0 Å². The normalized spacial score (nSPS) is 17.5. The van der Waals surface area contributed by atoms with Gasteiger partial charge in [0, 0.05) is 0 Å². The van der Waals surface area contributed by atoms with E-state index in [2.05, 4.69) is 48.6 Å². The summed E-state index contributed by atoms with van der Waals surface area (Å²) in [5.74, 6) is 0. The molecule has 0 spiro atoms. The number of fused-ring (bicyclic) bond motifs is 4. The Labute approximate surface area is 77.9 Å². The quantitative estimate of drug-likeness (QED) is 0.554. The Morgan fingerprint density at radius 2 is 1.69 bits per heavy atom. The maximum Gasteiger partial charge on any atom is -0.00992 e. The van der Waals surface area contributed by atoms with E-state index < -0.39 is 0 Å². The second kappa shape index (κ2) is 2.46. The van der Waals surface area contributed by atoms with Crippen LogP contribution in [0, 0.1) is 0 Å². The molecule has 0 aromatic heterocycles. The minimum absolute atomic E-state index is 1.06. The van der Waals surface area contributed by atoms with Gasteiger partial charge in [-0.15, -0.1) is 0 Å². The lowest BCUT2D eigenvalue weighted by molar-refractivity contribution is 1.39. The van der Waals surface area contributed by atoms with Gasteiger partial charge in [-0.1, -0.05) is 48.6 Å². The molecule has 0 N–H and O–H groups in total. The first-order chi connectivity index (χ1) is 6.47. The van der Waals surface area contributed by atoms with Crippen LogP contribution in [0.2, 0.25) is 0 Å². The molecule has 0 heteroatoms. The molecule has 0 radical (unpaired) electrons. The second-order valence-electron chi connectivity index (χ2n) is 3.41. The standard InChI is InChI=1S/C13H10/c1-2-6-10-11(7-3-1)13-9-5-4-8-12(10)13/h1-2,4-9H,3H2. The monoisotopic (exact) mass is 166 g/mol. The molecule has 0 unspecified atom stereocenters. The fourth-order valence-corrected chi connectivity index (χ4v) is 2.01. The van der Waals surface area contributed by atoms with Gasteiger partial charge >= 0.3 is 0 Å². The molecule has 0 aliphatic heterocycles. The topological polar surface area (TPSA) is 0 Å². The van der Waals surface area contributed by atoms with E-state index in [1.807, 2.05) is 0 Å². The molecule has 0 fully saturated rings. The smallest absolute Gasteiger partial charge is 0.00992 e. The van der Waals surface area contributed by atoms with E-state index in [9.17, 15) is 0 Å². The highest BCUT2D eigenvalue weighted by Gasteiger charge is 2.24. The summed E-state index contributed by atoms with van der Waals surface area (Å²) in [7, 11) is 0. The van der Waals surface area contributed by atoms with Gasteiger partial charge in [-0.25, -0.2) is 0 Å². The summed E-state index contributed by atoms with van der Waals surface area (Å²) < 4.78 is 0. The van der Waals surface area contributed by atoms with Crippen LogP contribution >= 0.6 is 0 Å². The Morgan fingerprint density at radius 3 is 2.54 bits per heavy atom. The molecule has 1 aromatic carbocycles. The van der Waals surface area contributed by atoms with Gasteiger partial charge in [0.1, 0.15) is 0 Å². The van der Waals surface area contributed by atoms with Crippen LogP contribution < -0.4 is 0 Å². The van der Waals surface area contributed by atoms with Gasteiger partial charge in [-0.3, -0.25) is 0 Å². The molecule has 2 aliphatic carbocycles. The molecular weight excluding hydrogens is 156 g/mol. The van der Waals surface area contributed by atoms with Gasteiger partial charge in [0.2, 0.25) is 0 Å². The minimum atomic E-state index is 1.06. The van der Waals surface area contributed by atoms with Crippen LogP contribution in [0.4, 0.5) is 0 Å². The van der Waals surface area contributed by atoms with Crippen molar-refractivity contribution in [2.45, 2.75) is 6.42 Å². The Balaban J connectivity index is 2.26. The van der Waals surface area contributed by atoms with Crippen molar-refractivity contribution in [1.82, 2.24) is 0 Å². The molecule has 0 saturated heterocycles. The van der Waals surface area contributed by atoms with Gasteiger partial charge in [0.25, 0.3) is 0 Å². The molecule has 1 aromatic rings. The molecule has 0 bridgehead atoms. The van der Waals surface area contributed by atoms with E-state index in [0.717, 1.165) is 6.42 Å². The number of hydrogen-bond acceptors (Lipinski definition) is 0. The predicted molar refractivity (Wildman–Crippen MR) is 56.2 cm³/mol. The van der Waals surface area contributed by atoms with Crippen molar-refractivity contribution in [3.63, 3.8) is 0 Å². The van der Waals surface area contributed by atoms with Gasteiger partial charge in [-0.05, 0) is 28.7 Å². The summed E-state index contributed by atoms with van der Waals surface area (Å²) >= 11 is 0. The predicted octanol–water partition coefficient (Wildman–Crippen LogP) is 3.43. The van der Waals surface area contributed by atoms with Crippen molar-refractivity contribution < 1.29 is 0 Å². The first-order valence-corrected chi connectivity index (χ1v) is 4.64. The highest BCUT2D eigenvalue weighted by Crippen LogP contribution is 2.45. The lowest BCUT2D eigenvalue weighted by Gasteiger charge is -2.26. The third kappa shape index (κ3) is 0.858. The highest BCUT2D eigenvalue weighted by atomic mass is 14.3. The van der Waals surface area contributed by atoms with Crippen LogP contribution in [0.3, 0.4) is 0 Å². The van der Waals surface area contributed by atoms with Crippen LogP contribution in [0.25, 0.3) is 11.1 Å². The third-order valence-electron chi connectivity index (χ3n) is 2.65. The van der Waals surface area contributed by atoms with Crippen molar-refractivity contribution >= 4 is 11.1 Å². The van der Waals surface area contributed by atoms with Crippen LogP contribution in [-0.4, -0.2) is 0 Å². The zero-order valence-electron chi connectivity index (χ0n) is 7.33. The maximum absolute atomic E-state index is 2.30. The van der Waals surface area contributed by atoms with E-state index in [-0.39, 0.29) is 0 Å². The molecule has 2 aliphatic rings. The largest absolute Gasteiger partial charge is 0.0807 e. The van der Waals surface area contributed by atoms with Crippen LogP contribution in [0.5, 0.6) is 0 Å². The van der Waals surface area contributed by atoms with E-state index in [0.29, 0.717) is 0 Å². The van der Waals surface area contributed by atoms with Gasteiger partial charge in [0.05, 0.1) is 0 Å². The van der Waals surface area contributed by atoms with Gasteiger partial charge in [0.15, 0.2) is 0 Å². The van der Waals surface area contributed by atoms with E-state index in [4.69, 9.17) is 0 Å². The van der Waals surface area contributed by atoms with Crippen LogP contribution in [0.15, 0.2) is 48.6 Å². The van der Waals surface area contributed by atoms with Crippen molar-refractivity contribution in [3.05, 3.63) is 59.7 Å². The summed E-state index contributed by atoms with van der Waals surface area (Å²) in [6.45, 7) is 0.